The fraction of sp³-hybridized carbons (Fsp3) is 0.688. The van der Waals surface area contributed by atoms with Crippen molar-refractivity contribution in [1.82, 2.24) is 15.3 Å². The van der Waals surface area contributed by atoms with Gasteiger partial charge in [-0.05, 0) is 26.7 Å². The van der Waals surface area contributed by atoms with Crippen molar-refractivity contribution in [2.24, 2.45) is 5.73 Å². The highest BCUT2D eigenvalue weighted by Gasteiger charge is 2.16. The number of carbonyl (C=O) groups is 1. The Hall–Kier alpha value is -1.69. The van der Waals surface area contributed by atoms with Crippen LogP contribution in [0.3, 0.4) is 0 Å². The monoisotopic (exact) mass is 305 g/mol. The highest BCUT2D eigenvalue weighted by Crippen LogP contribution is 2.20. The normalized spacial score (nSPS) is 17.5. The average molecular weight is 305 g/mol. The van der Waals surface area contributed by atoms with Crippen molar-refractivity contribution >= 4 is 11.9 Å². The maximum Gasteiger partial charge on any atom is 0.234 e. The lowest BCUT2D eigenvalue weighted by atomic mass is 10.1. The minimum Gasteiger partial charge on any atom is -0.348 e. The first-order chi connectivity index (χ1) is 10.6. The van der Waals surface area contributed by atoms with Gasteiger partial charge in [0.15, 0.2) is 0 Å². The topological polar surface area (TPSA) is 84.1 Å². The van der Waals surface area contributed by atoms with Crippen LogP contribution >= 0.6 is 0 Å². The third kappa shape index (κ3) is 4.40. The van der Waals surface area contributed by atoms with E-state index < -0.39 is 0 Å². The number of amides is 1. The van der Waals surface area contributed by atoms with Crippen LogP contribution in [0.5, 0.6) is 0 Å². The molecule has 6 heteroatoms. The summed E-state index contributed by atoms with van der Waals surface area (Å²) in [6.07, 6.45) is 8.15. The summed E-state index contributed by atoms with van der Waals surface area (Å²) in [5.74, 6) is 0.639. The Morgan fingerprint density at radius 2 is 1.95 bits per heavy atom. The van der Waals surface area contributed by atoms with E-state index in [4.69, 9.17) is 5.73 Å². The highest BCUT2D eigenvalue weighted by molar-refractivity contribution is 5.78. The third-order valence-electron chi connectivity index (χ3n) is 4.17. The standard InChI is InChI=1S/C16H27N5O/c1-12(19-15(22)10-17)14-11-18-16(20-13(14)2)21-8-6-4-3-5-7-9-21/h11-12H,3-10,17H2,1-2H3,(H,19,22). The van der Waals surface area contributed by atoms with Gasteiger partial charge in [0.25, 0.3) is 0 Å². The minimum atomic E-state index is -0.167. The Balaban J connectivity index is 2.09. The van der Waals surface area contributed by atoms with E-state index >= 15 is 0 Å². The first kappa shape index (κ1) is 16.7. The van der Waals surface area contributed by atoms with Gasteiger partial charge in [-0.25, -0.2) is 9.97 Å². The SMILES string of the molecule is Cc1nc(N2CCCCCCC2)ncc1C(C)NC(=O)CN. The Kier molecular flexibility index (Phi) is 6.12. The zero-order valence-corrected chi connectivity index (χ0v) is 13.6. The fourth-order valence-corrected chi connectivity index (χ4v) is 2.87. The molecule has 6 nitrogen and oxygen atoms in total. The van der Waals surface area contributed by atoms with Crippen LogP contribution < -0.4 is 16.0 Å². The molecule has 22 heavy (non-hydrogen) atoms. The fourth-order valence-electron chi connectivity index (χ4n) is 2.87. The zero-order valence-electron chi connectivity index (χ0n) is 13.6. The van der Waals surface area contributed by atoms with E-state index in [1.807, 2.05) is 20.0 Å². The summed E-state index contributed by atoms with van der Waals surface area (Å²) in [6.45, 7) is 5.94. The maximum atomic E-state index is 11.4. The second kappa shape index (κ2) is 8.08. The lowest BCUT2D eigenvalue weighted by molar-refractivity contribution is -0.120. The molecule has 3 N–H and O–H groups in total. The molecule has 0 aliphatic carbocycles. The molecule has 1 aliphatic heterocycles. The Morgan fingerprint density at radius 1 is 1.32 bits per heavy atom. The van der Waals surface area contributed by atoms with Crippen molar-refractivity contribution in [3.8, 4) is 0 Å². The van der Waals surface area contributed by atoms with Gasteiger partial charge in [-0.2, -0.15) is 0 Å². The highest BCUT2D eigenvalue weighted by atomic mass is 16.1. The molecule has 1 aliphatic rings. The molecule has 0 bridgehead atoms. The summed E-state index contributed by atoms with van der Waals surface area (Å²) in [6, 6.07) is -0.127. The van der Waals surface area contributed by atoms with Gasteiger partial charge in [0.2, 0.25) is 11.9 Å². The van der Waals surface area contributed by atoms with Crippen LogP contribution in [0, 0.1) is 6.92 Å². The number of nitrogens with zero attached hydrogens (tertiary/aromatic N) is 3. The van der Waals surface area contributed by atoms with Crippen LogP contribution in [0.1, 0.15) is 56.3 Å². The van der Waals surface area contributed by atoms with Gasteiger partial charge in [-0.15, -0.1) is 0 Å². The molecule has 0 spiro atoms. The largest absolute Gasteiger partial charge is 0.348 e. The molecule has 2 rings (SSSR count). The van der Waals surface area contributed by atoms with Crippen LogP contribution in [0.15, 0.2) is 6.20 Å². The molecule has 1 atom stereocenters. The number of anilines is 1. The van der Waals surface area contributed by atoms with E-state index in [1.54, 1.807) is 0 Å². The van der Waals surface area contributed by atoms with E-state index in [2.05, 4.69) is 20.2 Å². The first-order valence-electron chi connectivity index (χ1n) is 8.19. The number of rotatable bonds is 4. The van der Waals surface area contributed by atoms with Crippen molar-refractivity contribution in [2.75, 3.05) is 24.5 Å². The molecule has 1 aromatic heterocycles. The van der Waals surface area contributed by atoms with E-state index in [0.717, 1.165) is 30.3 Å². The lowest BCUT2D eigenvalue weighted by Gasteiger charge is -2.25. The third-order valence-corrected chi connectivity index (χ3v) is 4.17. The molecule has 122 valence electrons. The van der Waals surface area contributed by atoms with Crippen molar-refractivity contribution in [3.05, 3.63) is 17.5 Å². The summed E-state index contributed by atoms with van der Waals surface area (Å²) >= 11 is 0. The van der Waals surface area contributed by atoms with Gasteiger partial charge >= 0.3 is 0 Å². The van der Waals surface area contributed by atoms with Gasteiger partial charge < -0.3 is 16.0 Å². The van der Waals surface area contributed by atoms with Crippen molar-refractivity contribution in [2.45, 2.75) is 52.0 Å². The number of nitrogens with two attached hydrogens (primary N) is 1. The molecule has 2 heterocycles. The van der Waals surface area contributed by atoms with Crippen molar-refractivity contribution < 1.29 is 4.79 Å². The molecule has 1 amide bonds. The predicted octanol–water partition coefficient (Wildman–Crippen LogP) is 1.69. The molecule has 1 aromatic rings. The Bertz CT molecular complexity index is 497. The Morgan fingerprint density at radius 3 is 2.55 bits per heavy atom. The zero-order chi connectivity index (χ0) is 15.9. The molecular weight excluding hydrogens is 278 g/mol. The van der Waals surface area contributed by atoms with Crippen LogP contribution in [0.25, 0.3) is 0 Å². The number of aryl methyl sites for hydroxylation is 1. The lowest BCUT2D eigenvalue weighted by Crippen LogP contribution is -2.33. The van der Waals surface area contributed by atoms with E-state index in [-0.39, 0.29) is 18.5 Å². The first-order valence-corrected chi connectivity index (χ1v) is 8.19. The molecule has 1 saturated heterocycles. The van der Waals surface area contributed by atoms with Crippen molar-refractivity contribution in [1.29, 1.82) is 0 Å². The number of hydrogen-bond donors (Lipinski definition) is 2. The van der Waals surface area contributed by atoms with Crippen LogP contribution in [0.4, 0.5) is 5.95 Å². The van der Waals surface area contributed by atoms with Crippen molar-refractivity contribution in [3.63, 3.8) is 0 Å². The smallest absolute Gasteiger partial charge is 0.234 e. The minimum absolute atomic E-state index is 0.00386. The van der Waals surface area contributed by atoms with Gasteiger partial charge in [-0.1, -0.05) is 19.3 Å². The molecule has 1 unspecified atom stereocenters. The second-order valence-corrected chi connectivity index (χ2v) is 5.96. The molecule has 0 saturated carbocycles. The molecular formula is C16H27N5O. The number of hydrogen-bond acceptors (Lipinski definition) is 5. The van der Waals surface area contributed by atoms with Gasteiger partial charge in [0.05, 0.1) is 12.6 Å². The summed E-state index contributed by atoms with van der Waals surface area (Å²) in [7, 11) is 0. The average Bonchev–Trinajstić information content (AvgIpc) is 2.46. The predicted molar refractivity (Wildman–Crippen MR) is 87.7 cm³/mol. The number of nitrogens with one attached hydrogen (secondary N) is 1. The van der Waals surface area contributed by atoms with Crippen LogP contribution in [-0.2, 0) is 4.79 Å². The quantitative estimate of drug-likeness (QED) is 0.884. The van der Waals surface area contributed by atoms with Gasteiger partial charge in [0.1, 0.15) is 0 Å². The second-order valence-electron chi connectivity index (χ2n) is 5.96. The summed E-state index contributed by atoms with van der Waals surface area (Å²) in [5.41, 5.74) is 7.19. The van der Waals surface area contributed by atoms with E-state index in [1.165, 1.54) is 32.1 Å². The maximum absolute atomic E-state index is 11.4. The Labute approximate surface area is 132 Å². The van der Waals surface area contributed by atoms with Crippen LogP contribution in [0.2, 0.25) is 0 Å². The molecule has 0 radical (unpaired) electrons. The van der Waals surface area contributed by atoms with Gasteiger partial charge in [-0.3, -0.25) is 4.79 Å². The molecule has 1 fully saturated rings. The summed E-state index contributed by atoms with van der Waals surface area (Å²) < 4.78 is 0. The van der Waals surface area contributed by atoms with E-state index in [0.29, 0.717) is 0 Å². The summed E-state index contributed by atoms with van der Waals surface area (Å²) in [4.78, 5) is 22.9. The van der Waals surface area contributed by atoms with Crippen LogP contribution in [-0.4, -0.2) is 35.5 Å². The summed E-state index contributed by atoms with van der Waals surface area (Å²) in [5, 5.41) is 2.85. The molecule has 0 aromatic carbocycles. The number of carbonyl (C=O) groups excluding carboxylic acids is 1. The number of aromatic nitrogens is 2. The van der Waals surface area contributed by atoms with Gasteiger partial charge in [0, 0.05) is 30.5 Å². The van der Waals surface area contributed by atoms with E-state index in [9.17, 15) is 4.79 Å².